The molecule has 1 rings (SSSR count). The van der Waals surface area contributed by atoms with Gasteiger partial charge in [-0.25, -0.2) is 0 Å². The normalized spacial score (nSPS) is 28.9. The Morgan fingerprint density at radius 2 is 2.21 bits per heavy atom. The van der Waals surface area contributed by atoms with E-state index in [-0.39, 0.29) is 23.7 Å². The molecule has 0 spiro atoms. The van der Waals surface area contributed by atoms with Crippen LogP contribution in [0.1, 0.15) is 33.1 Å². The predicted molar refractivity (Wildman–Crippen MR) is 52.7 cm³/mol. The Hall–Kier alpha value is -0.860. The smallest absolute Gasteiger partial charge is 0.308 e. The lowest BCUT2D eigenvalue weighted by molar-refractivity contribution is -0.145. The Morgan fingerprint density at radius 1 is 1.57 bits per heavy atom. The molecule has 1 aliphatic carbocycles. The highest BCUT2D eigenvalue weighted by Crippen LogP contribution is 2.31. The predicted octanol–water partition coefficient (Wildman–Crippen LogP) is 1.80. The van der Waals surface area contributed by atoms with Gasteiger partial charge in [0.25, 0.3) is 0 Å². The third-order valence-electron chi connectivity index (χ3n) is 3.08. The number of Topliss-reactive ketones (excluding diaryl/α,β-unsaturated/α-hetero) is 1. The maximum Gasteiger partial charge on any atom is 0.308 e. The van der Waals surface area contributed by atoms with E-state index in [9.17, 15) is 9.59 Å². The minimum atomic E-state index is -0.211. The van der Waals surface area contributed by atoms with Crippen LogP contribution in [0.4, 0.5) is 0 Å². The maximum atomic E-state index is 11.6. The quantitative estimate of drug-likeness (QED) is 0.649. The minimum absolute atomic E-state index is 0.0825. The lowest BCUT2D eigenvalue weighted by Crippen LogP contribution is -2.20. The molecule has 0 amide bonds. The zero-order chi connectivity index (χ0) is 10.7. The molecule has 0 aromatic carbocycles. The van der Waals surface area contributed by atoms with Crippen molar-refractivity contribution < 1.29 is 14.3 Å². The van der Waals surface area contributed by atoms with Crippen molar-refractivity contribution in [1.29, 1.82) is 0 Å². The van der Waals surface area contributed by atoms with Crippen LogP contribution >= 0.6 is 0 Å². The van der Waals surface area contributed by atoms with Crippen LogP contribution in [0, 0.1) is 17.8 Å². The van der Waals surface area contributed by atoms with Crippen LogP contribution in [-0.2, 0) is 14.3 Å². The Bertz CT molecular complexity index is 235. The number of carbonyl (C=O) groups excluding carboxylic acids is 2. The van der Waals surface area contributed by atoms with Crippen molar-refractivity contribution in [2.75, 3.05) is 7.11 Å². The monoisotopic (exact) mass is 198 g/mol. The molecular weight excluding hydrogens is 180 g/mol. The number of rotatable bonds is 3. The van der Waals surface area contributed by atoms with Crippen molar-refractivity contribution in [3.8, 4) is 0 Å². The van der Waals surface area contributed by atoms with E-state index < -0.39 is 0 Å². The fourth-order valence-electron chi connectivity index (χ4n) is 2.10. The van der Waals surface area contributed by atoms with Crippen LogP contribution in [0.15, 0.2) is 0 Å². The maximum absolute atomic E-state index is 11.6. The van der Waals surface area contributed by atoms with Crippen molar-refractivity contribution in [2.45, 2.75) is 33.1 Å². The molecular formula is C11H18O3. The Balaban J connectivity index is 2.45. The number of hydrogen-bond acceptors (Lipinski definition) is 3. The Labute approximate surface area is 84.8 Å². The van der Waals surface area contributed by atoms with Crippen LogP contribution in [-0.4, -0.2) is 18.9 Å². The fraction of sp³-hybridized carbons (Fsp3) is 0.818. The summed E-state index contributed by atoms with van der Waals surface area (Å²) in [5, 5.41) is 0. The van der Waals surface area contributed by atoms with Crippen LogP contribution in [0.5, 0.6) is 0 Å². The summed E-state index contributed by atoms with van der Waals surface area (Å²) < 4.78 is 4.63. The molecule has 1 saturated carbocycles. The first-order valence-corrected chi connectivity index (χ1v) is 5.17. The van der Waals surface area contributed by atoms with E-state index in [0.717, 1.165) is 12.8 Å². The summed E-state index contributed by atoms with van der Waals surface area (Å²) in [6, 6.07) is 0. The second-order valence-electron chi connectivity index (χ2n) is 4.24. The van der Waals surface area contributed by atoms with Gasteiger partial charge < -0.3 is 4.74 Å². The highest BCUT2D eigenvalue weighted by molar-refractivity contribution is 5.85. The van der Waals surface area contributed by atoms with Crippen molar-refractivity contribution in [3.05, 3.63) is 0 Å². The molecule has 3 nitrogen and oxygen atoms in total. The van der Waals surface area contributed by atoms with Crippen molar-refractivity contribution in [3.63, 3.8) is 0 Å². The summed E-state index contributed by atoms with van der Waals surface area (Å²) in [4.78, 5) is 22.8. The van der Waals surface area contributed by atoms with E-state index in [0.29, 0.717) is 12.2 Å². The van der Waals surface area contributed by atoms with Gasteiger partial charge in [0.05, 0.1) is 13.0 Å². The van der Waals surface area contributed by atoms with Gasteiger partial charge in [0, 0.05) is 11.8 Å². The van der Waals surface area contributed by atoms with Gasteiger partial charge in [-0.1, -0.05) is 13.8 Å². The van der Waals surface area contributed by atoms with E-state index in [1.807, 2.05) is 13.8 Å². The summed E-state index contributed by atoms with van der Waals surface area (Å²) in [5.41, 5.74) is 0. The largest absolute Gasteiger partial charge is 0.469 e. The lowest BCUT2D eigenvalue weighted by atomic mass is 9.93. The van der Waals surface area contributed by atoms with Crippen LogP contribution in [0.25, 0.3) is 0 Å². The van der Waals surface area contributed by atoms with Crippen molar-refractivity contribution in [2.24, 2.45) is 17.8 Å². The average Bonchev–Trinajstić information content (AvgIpc) is 2.48. The zero-order valence-electron chi connectivity index (χ0n) is 9.08. The number of hydrogen-bond donors (Lipinski definition) is 0. The molecule has 0 bridgehead atoms. The van der Waals surface area contributed by atoms with Crippen LogP contribution < -0.4 is 0 Å². The van der Waals surface area contributed by atoms with Gasteiger partial charge in [-0.2, -0.15) is 0 Å². The summed E-state index contributed by atoms with van der Waals surface area (Å²) >= 11 is 0. The minimum Gasteiger partial charge on any atom is -0.469 e. The van der Waals surface area contributed by atoms with Gasteiger partial charge in [-0.05, 0) is 19.3 Å². The molecule has 80 valence electrons. The van der Waals surface area contributed by atoms with Gasteiger partial charge in [0.2, 0.25) is 0 Å². The number of ether oxygens (including phenoxy) is 1. The molecule has 0 aliphatic heterocycles. The molecule has 0 saturated heterocycles. The highest BCUT2D eigenvalue weighted by atomic mass is 16.5. The van der Waals surface area contributed by atoms with Gasteiger partial charge in [-0.15, -0.1) is 0 Å². The first-order valence-electron chi connectivity index (χ1n) is 5.17. The van der Waals surface area contributed by atoms with E-state index in [4.69, 9.17) is 0 Å². The molecule has 0 radical (unpaired) electrons. The fourth-order valence-corrected chi connectivity index (χ4v) is 2.10. The topological polar surface area (TPSA) is 43.4 Å². The number of carbonyl (C=O) groups is 2. The number of ketones is 1. The third-order valence-corrected chi connectivity index (χ3v) is 3.08. The molecule has 0 aromatic rings. The van der Waals surface area contributed by atoms with E-state index >= 15 is 0 Å². The van der Waals surface area contributed by atoms with Gasteiger partial charge in [0.15, 0.2) is 0 Å². The highest BCUT2D eigenvalue weighted by Gasteiger charge is 2.33. The van der Waals surface area contributed by atoms with Crippen molar-refractivity contribution in [1.82, 2.24) is 0 Å². The summed E-state index contributed by atoms with van der Waals surface area (Å²) in [6.45, 7) is 3.78. The van der Waals surface area contributed by atoms with Crippen LogP contribution in [0.3, 0.4) is 0 Å². The van der Waals surface area contributed by atoms with Gasteiger partial charge in [0.1, 0.15) is 5.78 Å². The first-order chi connectivity index (χ1) is 6.56. The third kappa shape index (κ3) is 2.34. The Kier molecular flexibility index (Phi) is 3.67. The molecule has 1 fully saturated rings. The summed E-state index contributed by atoms with van der Waals surface area (Å²) in [6.07, 6.45) is 2.55. The number of methoxy groups -OCH3 is 1. The van der Waals surface area contributed by atoms with Crippen LogP contribution in [0.2, 0.25) is 0 Å². The Morgan fingerprint density at radius 3 is 2.64 bits per heavy atom. The van der Waals surface area contributed by atoms with Gasteiger partial charge in [-0.3, -0.25) is 9.59 Å². The summed E-state index contributed by atoms with van der Waals surface area (Å²) in [5.74, 6) is 0.223. The molecule has 0 aromatic heterocycles. The summed E-state index contributed by atoms with van der Waals surface area (Å²) in [7, 11) is 1.39. The number of esters is 1. The molecule has 0 heterocycles. The molecule has 14 heavy (non-hydrogen) atoms. The average molecular weight is 198 g/mol. The van der Waals surface area contributed by atoms with E-state index in [1.54, 1.807) is 0 Å². The molecule has 0 unspecified atom stereocenters. The van der Waals surface area contributed by atoms with Crippen molar-refractivity contribution >= 4 is 11.8 Å². The van der Waals surface area contributed by atoms with E-state index in [2.05, 4.69) is 4.74 Å². The second-order valence-corrected chi connectivity index (χ2v) is 4.24. The standard InChI is InChI=1S/C11H18O3/c1-7-4-5-9(10(7)12)6-8(2)11(13)14-3/h7-9H,4-6H2,1-3H3/t7-,8+,9-/m0/s1. The lowest BCUT2D eigenvalue weighted by Gasteiger charge is -2.13. The molecule has 0 N–H and O–H groups in total. The molecule has 3 atom stereocenters. The first kappa shape index (κ1) is 11.2. The second kappa shape index (κ2) is 4.58. The zero-order valence-corrected chi connectivity index (χ0v) is 9.08. The SMILES string of the molecule is COC(=O)[C@H](C)C[C@@H]1CC[C@H](C)C1=O. The van der Waals surface area contributed by atoms with Gasteiger partial charge >= 0.3 is 5.97 Å². The van der Waals surface area contributed by atoms with E-state index in [1.165, 1.54) is 7.11 Å². The molecule has 3 heteroatoms. The molecule has 1 aliphatic rings.